The molecule has 7 nitrogen and oxygen atoms in total. The van der Waals surface area contributed by atoms with Crippen molar-refractivity contribution in [2.24, 2.45) is 0 Å². The van der Waals surface area contributed by atoms with E-state index in [9.17, 15) is 4.79 Å². The predicted octanol–water partition coefficient (Wildman–Crippen LogP) is 3.41. The number of aromatic nitrogens is 5. The molecule has 1 amide bonds. The Morgan fingerprint density at radius 1 is 1.26 bits per heavy atom. The summed E-state index contributed by atoms with van der Waals surface area (Å²) >= 11 is 6.33. The number of carbonyl (C=O) groups excluding carboxylic acids is 1. The van der Waals surface area contributed by atoms with Crippen LogP contribution in [0.5, 0.6) is 0 Å². The van der Waals surface area contributed by atoms with Gasteiger partial charge in [0.1, 0.15) is 0 Å². The van der Waals surface area contributed by atoms with E-state index in [-0.39, 0.29) is 12.3 Å². The number of hydrogen-bond donors (Lipinski definition) is 3. The minimum atomic E-state index is -0.119. The van der Waals surface area contributed by atoms with Crippen molar-refractivity contribution >= 4 is 34.1 Å². The van der Waals surface area contributed by atoms with Gasteiger partial charge in [-0.25, -0.2) is 0 Å². The van der Waals surface area contributed by atoms with E-state index in [1.165, 1.54) is 0 Å². The van der Waals surface area contributed by atoms with Crippen LogP contribution in [-0.4, -0.2) is 31.5 Å². The summed E-state index contributed by atoms with van der Waals surface area (Å²) in [5.41, 5.74) is 4.65. The molecule has 0 saturated heterocycles. The van der Waals surface area contributed by atoms with Gasteiger partial charge in [-0.2, -0.15) is 5.21 Å². The lowest BCUT2D eigenvalue weighted by atomic mass is 10.1. The maximum absolute atomic E-state index is 12.5. The molecular formula is C19H17ClN6O. The van der Waals surface area contributed by atoms with Crippen LogP contribution in [0.15, 0.2) is 42.6 Å². The Morgan fingerprint density at radius 3 is 2.93 bits per heavy atom. The molecule has 8 heteroatoms. The summed E-state index contributed by atoms with van der Waals surface area (Å²) in [6.45, 7) is 2.04. The summed E-state index contributed by atoms with van der Waals surface area (Å²) < 4.78 is 0. The zero-order chi connectivity index (χ0) is 18.8. The van der Waals surface area contributed by atoms with E-state index in [2.05, 4.69) is 30.9 Å². The third-order valence-electron chi connectivity index (χ3n) is 4.41. The normalized spacial score (nSPS) is 11.0. The Bertz CT molecular complexity index is 1100. The van der Waals surface area contributed by atoms with Gasteiger partial charge in [-0.15, -0.1) is 10.2 Å². The molecule has 0 bridgehead atoms. The maximum Gasteiger partial charge on any atom is 0.228 e. The SMILES string of the molecule is Cc1cccc2[nH]cc(CC(=O)Nc3ccc(Cc4nn[nH]n4)cc3Cl)c12. The van der Waals surface area contributed by atoms with Crippen molar-refractivity contribution in [3.8, 4) is 0 Å². The van der Waals surface area contributed by atoms with Crippen molar-refractivity contribution in [3.63, 3.8) is 0 Å². The average molecular weight is 381 g/mol. The number of H-pyrrole nitrogens is 2. The summed E-state index contributed by atoms with van der Waals surface area (Å²) in [6.07, 6.45) is 2.66. The van der Waals surface area contributed by atoms with Crippen molar-refractivity contribution in [1.82, 2.24) is 25.6 Å². The molecule has 0 atom stereocenters. The molecule has 4 rings (SSSR count). The molecule has 0 aliphatic carbocycles. The zero-order valence-corrected chi connectivity index (χ0v) is 15.3. The van der Waals surface area contributed by atoms with E-state index in [1.54, 1.807) is 12.1 Å². The summed E-state index contributed by atoms with van der Waals surface area (Å²) in [5.74, 6) is 0.463. The molecule has 0 fully saturated rings. The van der Waals surface area contributed by atoms with E-state index in [0.29, 0.717) is 23.0 Å². The molecule has 3 N–H and O–H groups in total. The van der Waals surface area contributed by atoms with Gasteiger partial charge >= 0.3 is 0 Å². The van der Waals surface area contributed by atoms with Gasteiger partial charge in [0.25, 0.3) is 0 Å². The molecule has 2 heterocycles. The van der Waals surface area contributed by atoms with Crippen LogP contribution in [-0.2, 0) is 17.6 Å². The Labute approximate surface area is 160 Å². The standard InChI is InChI=1S/C19H17ClN6O/c1-11-3-2-4-16-19(11)13(10-21-16)9-18(27)22-15-6-5-12(7-14(15)20)8-17-23-25-26-24-17/h2-7,10,21H,8-9H2,1H3,(H,22,27)(H,23,24,25,26). The second-order valence-electron chi connectivity index (χ2n) is 6.36. The highest BCUT2D eigenvalue weighted by molar-refractivity contribution is 6.33. The third-order valence-corrected chi connectivity index (χ3v) is 4.72. The van der Waals surface area contributed by atoms with Crippen molar-refractivity contribution in [1.29, 1.82) is 0 Å². The highest BCUT2D eigenvalue weighted by Crippen LogP contribution is 2.26. The number of carbonyl (C=O) groups is 1. The molecule has 136 valence electrons. The number of amides is 1. The number of nitrogens with zero attached hydrogens (tertiary/aromatic N) is 3. The molecule has 27 heavy (non-hydrogen) atoms. The molecule has 2 aromatic heterocycles. The number of hydrogen-bond acceptors (Lipinski definition) is 4. The monoisotopic (exact) mass is 380 g/mol. The zero-order valence-electron chi connectivity index (χ0n) is 14.6. The molecule has 4 aromatic rings. The van der Waals surface area contributed by atoms with Gasteiger partial charge in [-0.05, 0) is 41.8 Å². The van der Waals surface area contributed by atoms with Crippen LogP contribution >= 0.6 is 11.6 Å². The first-order valence-electron chi connectivity index (χ1n) is 8.46. The highest BCUT2D eigenvalue weighted by atomic mass is 35.5. The smallest absolute Gasteiger partial charge is 0.228 e. The van der Waals surface area contributed by atoms with Crippen LogP contribution in [0.3, 0.4) is 0 Å². The molecule has 0 aliphatic rings. The number of anilines is 1. The summed E-state index contributed by atoms with van der Waals surface area (Å²) in [7, 11) is 0. The Kier molecular flexibility index (Phi) is 4.60. The minimum absolute atomic E-state index is 0.119. The minimum Gasteiger partial charge on any atom is -0.361 e. The van der Waals surface area contributed by atoms with Gasteiger partial charge in [0, 0.05) is 23.5 Å². The number of nitrogens with one attached hydrogen (secondary N) is 3. The second-order valence-corrected chi connectivity index (χ2v) is 6.76. The number of fused-ring (bicyclic) bond motifs is 1. The van der Waals surface area contributed by atoms with Crippen LogP contribution in [0.2, 0.25) is 5.02 Å². The van der Waals surface area contributed by atoms with Crippen LogP contribution < -0.4 is 5.32 Å². The lowest BCUT2D eigenvalue weighted by Crippen LogP contribution is -2.14. The number of aryl methyl sites for hydroxylation is 1. The molecule has 0 unspecified atom stereocenters. The molecule has 0 spiro atoms. The van der Waals surface area contributed by atoms with E-state index in [1.807, 2.05) is 37.4 Å². The molecule has 0 saturated carbocycles. The van der Waals surface area contributed by atoms with E-state index in [4.69, 9.17) is 11.6 Å². The Morgan fingerprint density at radius 2 is 2.15 bits per heavy atom. The van der Waals surface area contributed by atoms with Gasteiger partial charge in [0.05, 0.1) is 17.1 Å². The number of benzene rings is 2. The molecular weight excluding hydrogens is 364 g/mol. The summed E-state index contributed by atoms with van der Waals surface area (Å²) in [4.78, 5) is 15.7. The fraction of sp³-hybridized carbons (Fsp3) is 0.158. The van der Waals surface area contributed by atoms with E-state index in [0.717, 1.165) is 27.6 Å². The number of aromatic amines is 2. The van der Waals surface area contributed by atoms with Gasteiger partial charge in [0.2, 0.25) is 5.91 Å². The quantitative estimate of drug-likeness (QED) is 0.494. The maximum atomic E-state index is 12.5. The third kappa shape index (κ3) is 3.68. The van der Waals surface area contributed by atoms with Gasteiger partial charge in [0.15, 0.2) is 5.82 Å². The molecule has 0 aliphatic heterocycles. The van der Waals surface area contributed by atoms with Gasteiger partial charge in [-0.3, -0.25) is 4.79 Å². The Hall–Kier alpha value is -3.19. The van der Waals surface area contributed by atoms with Crippen molar-refractivity contribution in [2.45, 2.75) is 19.8 Å². The first-order chi connectivity index (χ1) is 13.1. The van der Waals surface area contributed by atoms with Crippen LogP contribution in [0, 0.1) is 6.92 Å². The Balaban J connectivity index is 1.47. The number of tetrazole rings is 1. The number of halogens is 1. The van der Waals surface area contributed by atoms with Crippen LogP contribution in [0.1, 0.15) is 22.5 Å². The van der Waals surface area contributed by atoms with Gasteiger partial charge < -0.3 is 10.3 Å². The van der Waals surface area contributed by atoms with Crippen molar-refractivity contribution in [3.05, 3.63) is 70.1 Å². The number of rotatable bonds is 5. The molecule has 0 radical (unpaired) electrons. The lowest BCUT2D eigenvalue weighted by Gasteiger charge is -2.09. The van der Waals surface area contributed by atoms with Crippen LogP contribution in [0.25, 0.3) is 10.9 Å². The lowest BCUT2D eigenvalue weighted by molar-refractivity contribution is -0.115. The largest absolute Gasteiger partial charge is 0.361 e. The first-order valence-corrected chi connectivity index (χ1v) is 8.84. The molecule has 2 aromatic carbocycles. The fourth-order valence-electron chi connectivity index (χ4n) is 3.17. The summed E-state index contributed by atoms with van der Waals surface area (Å²) in [5, 5.41) is 18.2. The average Bonchev–Trinajstić information content (AvgIpc) is 3.28. The van der Waals surface area contributed by atoms with Crippen LogP contribution in [0.4, 0.5) is 5.69 Å². The topological polar surface area (TPSA) is 99.4 Å². The van der Waals surface area contributed by atoms with Crippen molar-refractivity contribution < 1.29 is 4.79 Å². The first kappa shape index (κ1) is 17.2. The predicted molar refractivity (Wildman–Crippen MR) is 104 cm³/mol. The summed E-state index contributed by atoms with van der Waals surface area (Å²) in [6, 6.07) is 11.5. The van der Waals surface area contributed by atoms with E-state index >= 15 is 0 Å². The second kappa shape index (κ2) is 7.20. The van der Waals surface area contributed by atoms with E-state index < -0.39 is 0 Å². The van der Waals surface area contributed by atoms with Gasteiger partial charge in [-0.1, -0.05) is 35.0 Å². The van der Waals surface area contributed by atoms with Crippen molar-refractivity contribution in [2.75, 3.05) is 5.32 Å². The fourth-order valence-corrected chi connectivity index (χ4v) is 3.42. The highest BCUT2D eigenvalue weighted by Gasteiger charge is 2.12.